The van der Waals surface area contributed by atoms with E-state index in [4.69, 9.17) is 25.2 Å². The van der Waals surface area contributed by atoms with Crippen LogP contribution in [0.1, 0.15) is 12.8 Å². The van der Waals surface area contributed by atoms with Gasteiger partial charge in [-0.3, -0.25) is 0 Å². The van der Waals surface area contributed by atoms with Crippen LogP contribution in [0.15, 0.2) is 0 Å². The Bertz CT molecular complexity index is 98.7. The van der Waals surface area contributed by atoms with Crippen molar-refractivity contribution in [3.8, 4) is 0 Å². The summed E-state index contributed by atoms with van der Waals surface area (Å²) in [6.07, 6.45) is 1.35. The Morgan fingerprint density at radius 3 is 2.00 bits per heavy atom. The Morgan fingerprint density at radius 2 is 1.85 bits per heavy atom. The predicted molar refractivity (Wildman–Crippen MR) is 46.2 cm³/mol. The molecule has 1 aliphatic heterocycles. The molecule has 0 bridgehead atoms. The van der Waals surface area contributed by atoms with E-state index in [9.17, 15) is 0 Å². The second-order valence-electron chi connectivity index (χ2n) is 2.84. The molecule has 0 aliphatic carbocycles. The summed E-state index contributed by atoms with van der Waals surface area (Å²) in [5.41, 5.74) is 0. The van der Waals surface area contributed by atoms with E-state index in [-0.39, 0.29) is 25.9 Å². The lowest BCUT2D eigenvalue weighted by Crippen LogP contribution is -2.15. The zero-order chi connectivity index (χ0) is 10.1. The fourth-order valence-electron chi connectivity index (χ4n) is 0.846. The Balaban J connectivity index is 0.000000226. The number of hydrogen-bond donors (Lipinski definition) is 4. The number of aliphatic hydroxyl groups excluding tert-OH is 4. The van der Waals surface area contributed by atoms with Crippen LogP contribution in [0.3, 0.4) is 0 Å². The van der Waals surface area contributed by atoms with Crippen LogP contribution in [0.2, 0.25) is 0 Å². The van der Waals surface area contributed by atoms with Gasteiger partial charge in [-0.1, -0.05) is 0 Å². The van der Waals surface area contributed by atoms with E-state index in [1.54, 1.807) is 0 Å². The van der Waals surface area contributed by atoms with Gasteiger partial charge in [-0.25, -0.2) is 0 Å². The van der Waals surface area contributed by atoms with Gasteiger partial charge in [0.2, 0.25) is 0 Å². The Labute approximate surface area is 77.6 Å². The predicted octanol–water partition coefficient (Wildman–Crippen LogP) is -1.51. The average Bonchev–Trinajstić information content (AvgIpc) is 2.70. The van der Waals surface area contributed by atoms with Crippen molar-refractivity contribution in [2.24, 2.45) is 0 Å². The smallest absolute Gasteiger partial charge is 0.100 e. The maximum Gasteiger partial charge on any atom is 0.100 e. The minimum atomic E-state index is -0.954. The van der Waals surface area contributed by atoms with Gasteiger partial charge in [-0.2, -0.15) is 0 Å². The molecule has 1 atom stereocenters. The van der Waals surface area contributed by atoms with E-state index in [0.717, 1.165) is 19.4 Å². The van der Waals surface area contributed by atoms with Crippen molar-refractivity contribution in [2.75, 3.05) is 26.4 Å². The van der Waals surface area contributed by atoms with Gasteiger partial charge in [0.1, 0.15) is 6.10 Å². The minimum Gasteiger partial charge on any atom is -0.394 e. The van der Waals surface area contributed by atoms with Crippen LogP contribution < -0.4 is 0 Å². The normalized spacial score (nSPS) is 21.5. The molecule has 1 aliphatic rings. The highest BCUT2D eigenvalue weighted by Crippen LogP contribution is 2.09. The number of ether oxygens (including phenoxy) is 1. The van der Waals surface area contributed by atoms with E-state index in [1.165, 1.54) is 0 Å². The lowest BCUT2D eigenvalue weighted by Gasteiger charge is -2.00. The van der Waals surface area contributed by atoms with Gasteiger partial charge in [0, 0.05) is 6.61 Å². The highest BCUT2D eigenvalue weighted by atomic mass is 16.5. The Kier molecular flexibility index (Phi) is 8.27. The molecule has 13 heavy (non-hydrogen) atoms. The summed E-state index contributed by atoms with van der Waals surface area (Å²) in [6, 6.07) is 0. The highest BCUT2D eigenvalue weighted by molar-refractivity contribution is 4.61. The zero-order valence-electron chi connectivity index (χ0n) is 7.59. The molecule has 5 heteroatoms. The third-order valence-corrected chi connectivity index (χ3v) is 1.65. The zero-order valence-corrected chi connectivity index (χ0v) is 7.59. The van der Waals surface area contributed by atoms with E-state index in [1.807, 2.05) is 0 Å². The number of hydrogen-bond acceptors (Lipinski definition) is 5. The van der Waals surface area contributed by atoms with Crippen LogP contribution in [0.25, 0.3) is 0 Å². The molecular weight excluding hydrogens is 176 g/mol. The van der Waals surface area contributed by atoms with Gasteiger partial charge in [0.05, 0.1) is 25.9 Å². The fraction of sp³-hybridized carbons (Fsp3) is 1.00. The van der Waals surface area contributed by atoms with Crippen LogP contribution in [0.5, 0.6) is 0 Å². The van der Waals surface area contributed by atoms with Crippen molar-refractivity contribution in [2.45, 2.75) is 25.0 Å². The first-order valence-corrected chi connectivity index (χ1v) is 4.36. The summed E-state index contributed by atoms with van der Waals surface area (Å²) >= 11 is 0. The summed E-state index contributed by atoms with van der Waals surface area (Å²) in [7, 11) is 0. The molecule has 0 aromatic heterocycles. The van der Waals surface area contributed by atoms with Crippen LogP contribution >= 0.6 is 0 Å². The summed E-state index contributed by atoms with van der Waals surface area (Å²) in [4.78, 5) is 0. The topological polar surface area (TPSA) is 90.2 Å². The Morgan fingerprint density at radius 1 is 1.23 bits per heavy atom. The lowest BCUT2D eigenvalue weighted by molar-refractivity contribution is 0.0450. The van der Waals surface area contributed by atoms with Crippen LogP contribution in [0.4, 0.5) is 0 Å². The van der Waals surface area contributed by atoms with Crippen molar-refractivity contribution in [1.82, 2.24) is 0 Å². The number of rotatable bonds is 3. The van der Waals surface area contributed by atoms with Crippen molar-refractivity contribution in [3.05, 3.63) is 0 Å². The molecule has 5 nitrogen and oxygen atoms in total. The van der Waals surface area contributed by atoms with Gasteiger partial charge < -0.3 is 25.2 Å². The molecule has 0 aromatic carbocycles. The molecule has 1 saturated heterocycles. The first-order valence-electron chi connectivity index (χ1n) is 4.36. The molecule has 0 amide bonds. The molecular formula is C8H18O5. The lowest BCUT2D eigenvalue weighted by atomic mass is 10.2. The maximum atomic E-state index is 8.44. The summed E-state index contributed by atoms with van der Waals surface area (Å²) in [6.45, 7) is 0.304. The van der Waals surface area contributed by atoms with E-state index in [0.29, 0.717) is 0 Å². The van der Waals surface area contributed by atoms with Crippen molar-refractivity contribution in [3.63, 3.8) is 0 Å². The van der Waals surface area contributed by atoms with Gasteiger partial charge >= 0.3 is 0 Å². The molecule has 80 valence electrons. The second-order valence-corrected chi connectivity index (χ2v) is 2.84. The molecule has 4 N–H and O–H groups in total. The molecule has 0 spiro atoms. The van der Waals surface area contributed by atoms with E-state index >= 15 is 0 Å². The second kappa shape index (κ2) is 8.40. The van der Waals surface area contributed by atoms with Gasteiger partial charge in [-0.15, -0.1) is 0 Å². The summed E-state index contributed by atoms with van der Waals surface area (Å²) < 4.78 is 5.05. The molecule has 1 fully saturated rings. The SMILES string of the molecule is OCC(O)CO.OCC1CCCO1. The maximum absolute atomic E-state index is 8.44. The summed E-state index contributed by atoms with van der Waals surface area (Å²) in [5, 5.41) is 32.5. The number of aliphatic hydroxyl groups is 4. The monoisotopic (exact) mass is 194 g/mol. The van der Waals surface area contributed by atoms with Gasteiger partial charge in [0.15, 0.2) is 0 Å². The average molecular weight is 194 g/mol. The van der Waals surface area contributed by atoms with Crippen molar-refractivity contribution >= 4 is 0 Å². The van der Waals surface area contributed by atoms with Crippen molar-refractivity contribution in [1.29, 1.82) is 0 Å². The quantitative estimate of drug-likeness (QED) is 0.438. The van der Waals surface area contributed by atoms with Crippen LogP contribution in [-0.4, -0.2) is 59.1 Å². The van der Waals surface area contributed by atoms with E-state index in [2.05, 4.69) is 0 Å². The minimum absolute atomic E-state index is 0.153. The largest absolute Gasteiger partial charge is 0.394 e. The molecule has 1 unspecified atom stereocenters. The van der Waals surface area contributed by atoms with Crippen molar-refractivity contribution < 1.29 is 25.2 Å². The fourth-order valence-corrected chi connectivity index (χ4v) is 0.846. The first kappa shape index (κ1) is 12.8. The highest BCUT2D eigenvalue weighted by Gasteiger charge is 2.12. The van der Waals surface area contributed by atoms with Crippen LogP contribution in [0, 0.1) is 0 Å². The first-order chi connectivity index (χ1) is 6.24. The van der Waals surface area contributed by atoms with Crippen LogP contribution in [-0.2, 0) is 4.74 Å². The van der Waals surface area contributed by atoms with Gasteiger partial charge in [-0.05, 0) is 12.8 Å². The molecule has 0 saturated carbocycles. The molecule has 0 radical (unpaired) electrons. The Hall–Kier alpha value is -0.200. The third kappa shape index (κ3) is 6.92. The molecule has 1 heterocycles. The molecule has 1 rings (SSSR count). The molecule has 0 aromatic rings. The third-order valence-electron chi connectivity index (χ3n) is 1.65. The summed E-state index contributed by atoms with van der Waals surface area (Å²) in [5.74, 6) is 0. The van der Waals surface area contributed by atoms with Gasteiger partial charge in [0.25, 0.3) is 0 Å². The van der Waals surface area contributed by atoms with E-state index < -0.39 is 6.10 Å². The standard InChI is InChI=1S/C5H10O2.C3H8O3/c6-4-5-2-1-3-7-5;4-1-3(6)2-5/h5-6H,1-4H2;3-6H,1-2H2.